The van der Waals surface area contributed by atoms with Crippen molar-refractivity contribution in [1.29, 1.82) is 0 Å². The topological polar surface area (TPSA) is 42.0 Å². The maximum Gasteiger partial charge on any atom is 0.269 e. The minimum Gasteiger partial charge on any atom is -0.350 e. The van der Waals surface area contributed by atoms with Gasteiger partial charge in [-0.05, 0) is 40.2 Å². The van der Waals surface area contributed by atoms with E-state index in [-0.39, 0.29) is 5.91 Å². The molecular weight excluding hydrogens is 344 g/mol. The lowest BCUT2D eigenvalue weighted by Gasteiger charge is -2.03. The molecular formula is C13H13BrN2OS2. The maximum absolute atomic E-state index is 11.7. The number of nitrogens with one attached hydrogen (secondary N) is 1. The van der Waals surface area contributed by atoms with E-state index in [1.807, 2.05) is 17.8 Å². The van der Waals surface area contributed by atoms with Crippen molar-refractivity contribution >= 4 is 44.9 Å². The third-order valence-corrected chi connectivity index (χ3v) is 5.12. The predicted molar refractivity (Wildman–Crippen MR) is 84.8 cm³/mol. The Morgan fingerprint density at radius 2 is 2.26 bits per heavy atom. The quantitative estimate of drug-likeness (QED) is 0.804. The first-order valence-corrected chi connectivity index (χ1v) is 8.53. The van der Waals surface area contributed by atoms with Crippen molar-refractivity contribution in [1.82, 2.24) is 10.3 Å². The third kappa shape index (κ3) is 4.97. The first kappa shape index (κ1) is 14.6. The molecule has 0 aliphatic rings. The highest BCUT2D eigenvalue weighted by molar-refractivity contribution is 9.11. The van der Waals surface area contributed by atoms with Gasteiger partial charge < -0.3 is 5.32 Å². The third-order valence-electron chi connectivity index (χ3n) is 2.30. The lowest BCUT2D eigenvalue weighted by molar-refractivity contribution is 0.0951. The number of carbonyl (C=O) groups excluding carboxylic acids is 1. The second kappa shape index (κ2) is 7.67. The maximum atomic E-state index is 11.7. The van der Waals surface area contributed by atoms with Gasteiger partial charge in [0.1, 0.15) is 5.69 Å². The van der Waals surface area contributed by atoms with Gasteiger partial charge in [-0.15, -0.1) is 11.3 Å². The summed E-state index contributed by atoms with van der Waals surface area (Å²) in [5.74, 6) is 1.77. The average Bonchev–Trinajstić information content (AvgIpc) is 2.85. The van der Waals surface area contributed by atoms with Gasteiger partial charge in [-0.25, -0.2) is 0 Å². The molecule has 0 aliphatic carbocycles. The summed E-state index contributed by atoms with van der Waals surface area (Å²) in [6, 6.07) is 9.50. The molecule has 2 heterocycles. The largest absolute Gasteiger partial charge is 0.350 e. The smallest absolute Gasteiger partial charge is 0.269 e. The molecule has 2 rings (SSSR count). The van der Waals surface area contributed by atoms with Crippen molar-refractivity contribution in [3.05, 3.63) is 50.9 Å². The zero-order valence-electron chi connectivity index (χ0n) is 10.1. The molecule has 3 nitrogen and oxygen atoms in total. The highest BCUT2D eigenvalue weighted by Gasteiger charge is 2.04. The molecule has 0 bridgehead atoms. The summed E-state index contributed by atoms with van der Waals surface area (Å²) in [6.07, 6.45) is 1.62. The van der Waals surface area contributed by atoms with Crippen LogP contribution in [0.3, 0.4) is 0 Å². The number of carbonyl (C=O) groups is 1. The summed E-state index contributed by atoms with van der Waals surface area (Å²) in [4.78, 5) is 17.0. The number of hydrogen-bond donors (Lipinski definition) is 1. The fourth-order valence-corrected chi connectivity index (χ4v) is 3.88. The summed E-state index contributed by atoms with van der Waals surface area (Å²) < 4.78 is 1.16. The highest BCUT2D eigenvalue weighted by Crippen LogP contribution is 2.25. The Morgan fingerprint density at radius 3 is 2.95 bits per heavy atom. The zero-order valence-corrected chi connectivity index (χ0v) is 13.4. The number of hydrogen-bond acceptors (Lipinski definition) is 4. The van der Waals surface area contributed by atoms with Crippen molar-refractivity contribution in [2.45, 2.75) is 5.75 Å². The van der Waals surface area contributed by atoms with E-state index in [1.165, 1.54) is 4.88 Å². The number of pyridine rings is 1. The van der Waals surface area contributed by atoms with Crippen LogP contribution in [0.25, 0.3) is 0 Å². The molecule has 0 unspecified atom stereocenters. The van der Waals surface area contributed by atoms with E-state index in [9.17, 15) is 4.79 Å². The van der Waals surface area contributed by atoms with Crippen LogP contribution in [-0.4, -0.2) is 23.2 Å². The van der Waals surface area contributed by atoms with Gasteiger partial charge in [-0.1, -0.05) is 6.07 Å². The van der Waals surface area contributed by atoms with Crippen LogP contribution in [0.4, 0.5) is 0 Å². The van der Waals surface area contributed by atoms with Crippen LogP contribution >= 0.6 is 39.0 Å². The van der Waals surface area contributed by atoms with Gasteiger partial charge in [0.15, 0.2) is 0 Å². The second-order valence-corrected chi connectivity index (χ2v) is 7.38. The molecule has 19 heavy (non-hydrogen) atoms. The molecule has 0 atom stereocenters. The monoisotopic (exact) mass is 356 g/mol. The van der Waals surface area contributed by atoms with E-state index < -0.39 is 0 Å². The van der Waals surface area contributed by atoms with Gasteiger partial charge in [0.2, 0.25) is 0 Å². The Balaban J connectivity index is 1.63. The Bertz CT molecular complexity index is 530. The van der Waals surface area contributed by atoms with E-state index >= 15 is 0 Å². The summed E-state index contributed by atoms with van der Waals surface area (Å²) in [6.45, 7) is 0.659. The molecule has 1 N–H and O–H groups in total. The molecule has 1 amide bonds. The molecule has 2 aromatic heterocycles. The number of thiophene rings is 1. The fourth-order valence-electron chi connectivity index (χ4n) is 1.43. The SMILES string of the molecule is O=C(NCCSCc1ccc(Br)s1)c1ccccn1. The fraction of sp³-hybridized carbons (Fsp3) is 0.231. The molecule has 2 aromatic rings. The standard InChI is InChI=1S/C13H13BrN2OS2/c14-12-5-4-10(19-12)9-18-8-7-16-13(17)11-3-1-2-6-15-11/h1-6H,7-9H2,(H,16,17). The minimum atomic E-state index is -0.111. The molecule has 6 heteroatoms. The van der Waals surface area contributed by atoms with E-state index in [4.69, 9.17) is 0 Å². The summed E-state index contributed by atoms with van der Waals surface area (Å²) in [5, 5.41) is 2.86. The van der Waals surface area contributed by atoms with Gasteiger partial charge in [0, 0.05) is 29.1 Å². The van der Waals surface area contributed by atoms with Crippen molar-refractivity contribution in [2.75, 3.05) is 12.3 Å². The number of amides is 1. The van der Waals surface area contributed by atoms with Gasteiger partial charge in [-0.3, -0.25) is 9.78 Å². The van der Waals surface area contributed by atoms with Gasteiger partial charge in [0.05, 0.1) is 3.79 Å². The van der Waals surface area contributed by atoms with Crippen LogP contribution in [-0.2, 0) is 5.75 Å². The van der Waals surface area contributed by atoms with Crippen LogP contribution in [0, 0.1) is 0 Å². The van der Waals surface area contributed by atoms with Gasteiger partial charge >= 0.3 is 0 Å². The molecule has 100 valence electrons. The summed E-state index contributed by atoms with van der Waals surface area (Å²) in [7, 11) is 0. The zero-order chi connectivity index (χ0) is 13.5. The van der Waals surface area contributed by atoms with E-state index in [0.29, 0.717) is 12.2 Å². The minimum absolute atomic E-state index is 0.111. The number of nitrogens with zero attached hydrogens (tertiary/aromatic N) is 1. The van der Waals surface area contributed by atoms with Gasteiger partial charge in [-0.2, -0.15) is 11.8 Å². The van der Waals surface area contributed by atoms with E-state index in [2.05, 4.69) is 38.4 Å². The van der Waals surface area contributed by atoms with Gasteiger partial charge in [0.25, 0.3) is 5.91 Å². The molecule has 0 saturated carbocycles. The Morgan fingerprint density at radius 1 is 1.37 bits per heavy atom. The summed E-state index contributed by atoms with van der Waals surface area (Å²) >= 11 is 7.00. The molecule has 0 aliphatic heterocycles. The number of thioether (sulfide) groups is 1. The summed E-state index contributed by atoms with van der Waals surface area (Å²) in [5.41, 5.74) is 0.467. The normalized spacial score (nSPS) is 10.4. The van der Waals surface area contributed by atoms with Crippen LogP contribution < -0.4 is 5.32 Å². The lowest BCUT2D eigenvalue weighted by atomic mass is 10.3. The first-order chi connectivity index (χ1) is 9.25. The molecule has 0 aromatic carbocycles. The Hall–Kier alpha value is -0.850. The number of halogens is 1. The van der Waals surface area contributed by atoms with Crippen molar-refractivity contribution in [3.8, 4) is 0 Å². The van der Waals surface area contributed by atoms with Crippen LogP contribution in [0.5, 0.6) is 0 Å². The Labute approximate surface area is 129 Å². The molecule has 0 saturated heterocycles. The first-order valence-electron chi connectivity index (χ1n) is 5.77. The highest BCUT2D eigenvalue weighted by atomic mass is 79.9. The molecule has 0 radical (unpaired) electrons. The lowest BCUT2D eigenvalue weighted by Crippen LogP contribution is -2.26. The second-order valence-electron chi connectivity index (χ2n) is 3.73. The average molecular weight is 357 g/mol. The molecule has 0 fully saturated rings. The van der Waals surface area contributed by atoms with Crippen molar-refractivity contribution in [3.63, 3.8) is 0 Å². The Kier molecular flexibility index (Phi) is 5.88. The number of aromatic nitrogens is 1. The van der Waals surface area contributed by atoms with Crippen molar-refractivity contribution in [2.24, 2.45) is 0 Å². The van der Waals surface area contributed by atoms with Crippen LogP contribution in [0.15, 0.2) is 40.3 Å². The van der Waals surface area contributed by atoms with Crippen molar-refractivity contribution < 1.29 is 4.79 Å². The van der Waals surface area contributed by atoms with Crippen LogP contribution in [0.2, 0.25) is 0 Å². The molecule has 0 spiro atoms. The van der Waals surface area contributed by atoms with E-state index in [1.54, 1.807) is 29.7 Å². The van der Waals surface area contributed by atoms with Crippen LogP contribution in [0.1, 0.15) is 15.4 Å². The van der Waals surface area contributed by atoms with E-state index in [0.717, 1.165) is 15.3 Å². The predicted octanol–water partition coefficient (Wildman–Crippen LogP) is 3.57. The number of rotatable bonds is 6.